The number of nitrogen functional groups attached to an aromatic ring is 1. The quantitative estimate of drug-likeness (QED) is 0.268. The van der Waals surface area contributed by atoms with E-state index in [-0.39, 0.29) is 5.91 Å². The number of fused-ring (bicyclic) bond motifs is 1. The molecule has 0 amide bonds. The van der Waals surface area contributed by atoms with Crippen LogP contribution in [0.4, 0.5) is 23.0 Å². The molecule has 4 rings (SSSR count). The first-order chi connectivity index (χ1) is 17.3. The van der Waals surface area contributed by atoms with Crippen molar-refractivity contribution in [2.45, 2.75) is 0 Å². The Morgan fingerprint density at radius 2 is 1.97 bits per heavy atom. The first-order valence-electron chi connectivity index (χ1n) is 11.5. The Hall–Kier alpha value is -4.37. The van der Waals surface area contributed by atoms with Gasteiger partial charge in [-0.1, -0.05) is 24.8 Å². The maximum absolute atomic E-state index is 12.4. The van der Waals surface area contributed by atoms with Crippen LogP contribution in [0.15, 0.2) is 67.5 Å². The molecule has 0 saturated heterocycles. The lowest BCUT2D eigenvalue weighted by Crippen LogP contribution is -2.29. The first-order valence-corrected chi connectivity index (χ1v) is 11.5. The number of ether oxygens (including phenoxy) is 1. The second-order valence-corrected chi connectivity index (χ2v) is 8.70. The number of carbonyl (C=O) groups excluding carboxylic acids is 1. The number of allylic oxidation sites excluding steroid dienone is 1. The number of likely N-dealkylation sites (N-methyl/N-ethyl adjacent to an activating group) is 2. The third-order valence-corrected chi connectivity index (χ3v) is 5.94. The van der Waals surface area contributed by atoms with E-state index in [0.717, 1.165) is 35.2 Å². The Bertz CT molecular complexity index is 1410. The number of anilines is 4. The van der Waals surface area contributed by atoms with Crippen LogP contribution >= 0.6 is 0 Å². The molecule has 186 valence electrons. The third-order valence-electron chi connectivity index (χ3n) is 5.94. The number of carbonyl (C=O) groups is 1. The van der Waals surface area contributed by atoms with Gasteiger partial charge in [0.25, 0.3) is 5.91 Å². The number of methoxy groups -OCH3 is 1. The molecule has 4 aromatic rings. The third kappa shape index (κ3) is 5.01. The molecular weight excluding hydrogens is 454 g/mol. The molecule has 2 aromatic carbocycles. The van der Waals surface area contributed by atoms with E-state index < -0.39 is 0 Å². The zero-order valence-electron chi connectivity index (χ0n) is 21.0. The number of rotatable bonds is 9. The van der Waals surface area contributed by atoms with Gasteiger partial charge in [0.1, 0.15) is 5.75 Å². The number of benzene rings is 2. The average molecular weight is 486 g/mol. The second-order valence-electron chi connectivity index (χ2n) is 8.70. The van der Waals surface area contributed by atoms with Crippen molar-refractivity contribution in [3.63, 3.8) is 0 Å². The van der Waals surface area contributed by atoms with Gasteiger partial charge in [-0.25, -0.2) is 9.97 Å². The fraction of sp³-hybridized carbons (Fsp3) is 0.222. The van der Waals surface area contributed by atoms with E-state index >= 15 is 0 Å². The summed E-state index contributed by atoms with van der Waals surface area (Å²) < 4.78 is 7.21. The van der Waals surface area contributed by atoms with Crippen molar-refractivity contribution in [2.75, 3.05) is 57.3 Å². The number of nitrogens with zero attached hydrogens (tertiary/aromatic N) is 5. The molecule has 9 heteroatoms. The van der Waals surface area contributed by atoms with Crippen molar-refractivity contribution in [1.29, 1.82) is 0 Å². The van der Waals surface area contributed by atoms with Crippen molar-refractivity contribution in [3.8, 4) is 17.0 Å². The lowest BCUT2D eigenvalue weighted by Gasteiger charge is -2.24. The Morgan fingerprint density at radius 1 is 1.19 bits per heavy atom. The van der Waals surface area contributed by atoms with Crippen molar-refractivity contribution < 1.29 is 9.53 Å². The molecule has 0 aliphatic heterocycles. The lowest BCUT2D eigenvalue weighted by atomic mass is 10.1. The van der Waals surface area contributed by atoms with Crippen LogP contribution in [0, 0.1) is 0 Å². The number of hydrogen-bond acceptors (Lipinski definition) is 8. The number of aromatic nitrogens is 3. The van der Waals surface area contributed by atoms with E-state index in [4.69, 9.17) is 15.5 Å². The zero-order valence-corrected chi connectivity index (χ0v) is 21.0. The summed E-state index contributed by atoms with van der Waals surface area (Å²) in [5, 5.41) is 4.14. The highest BCUT2D eigenvalue weighted by Crippen LogP contribution is 2.36. The molecule has 0 bridgehead atoms. The number of hydrogen-bond donors (Lipinski definition) is 2. The van der Waals surface area contributed by atoms with Crippen LogP contribution in [0.2, 0.25) is 0 Å². The van der Waals surface area contributed by atoms with Crippen LogP contribution in [0.25, 0.3) is 22.2 Å². The minimum absolute atomic E-state index is 0.208. The van der Waals surface area contributed by atoms with Crippen molar-refractivity contribution in [1.82, 2.24) is 19.4 Å². The van der Waals surface area contributed by atoms with Gasteiger partial charge in [0.15, 0.2) is 0 Å². The average Bonchev–Trinajstić information content (AvgIpc) is 3.27. The molecule has 0 aliphatic carbocycles. The molecule has 0 radical (unpaired) electrons. The van der Waals surface area contributed by atoms with Gasteiger partial charge in [-0.2, -0.15) is 0 Å². The minimum atomic E-state index is -0.208. The van der Waals surface area contributed by atoms with Crippen molar-refractivity contribution >= 4 is 39.8 Å². The maximum atomic E-state index is 12.4. The van der Waals surface area contributed by atoms with E-state index in [9.17, 15) is 4.79 Å². The summed E-state index contributed by atoms with van der Waals surface area (Å²) in [6, 6.07) is 13.2. The molecule has 0 fully saturated rings. The van der Waals surface area contributed by atoms with Crippen LogP contribution in [0.3, 0.4) is 0 Å². The van der Waals surface area contributed by atoms with Gasteiger partial charge in [0, 0.05) is 49.5 Å². The summed E-state index contributed by atoms with van der Waals surface area (Å²) in [6.07, 6.45) is 4.74. The highest BCUT2D eigenvalue weighted by molar-refractivity contribution is 6.04. The minimum Gasteiger partial charge on any atom is -0.494 e. The molecule has 2 heterocycles. The van der Waals surface area contributed by atoms with E-state index in [1.54, 1.807) is 24.1 Å². The molecule has 0 atom stereocenters. The lowest BCUT2D eigenvalue weighted by molar-refractivity contribution is 0.0974. The Balaban J connectivity index is 1.67. The van der Waals surface area contributed by atoms with Crippen LogP contribution < -0.4 is 20.7 Å². The molecule has 0 aliphatic rings. The predicted molar refractivity (Wildman–Crippen MR) is 146 cm³/mol. The number of nitrogens with one attached hydrogen (secondary N) is 1. The Morgan fingerprint density at radius 3 is 2.69 bits per heavy atom. The summed E-state index contributed by atoms with van der Waals surface area (Å²) in [4.78, 5) is 25.7. The summed E-state index contributed by atoms with van der Waals surface area (Å²) >= 11 is 0. The molecule has 0 unspecified atom stereocenters. The van der Waals surface area contributed by atoms with Gasteiger partial charge in [-0.3, -0.25) is 9.36 Å². The van der Waals surface area contributed by atoms with E-state index in [1.807, 2.05) is 63.6 Å². The van der Waals surface area contributed by atoms with E-state index in [0.29, 0.717) is 28.8 Å². The van der Waals surface area contributed by atoms with Gasteiger partial charge < -0.3 is 25.6 Å². The van der Waals surface area contributed by atoms with Gasteiger partial charge in [0.2, 0.25) is 5.95 Å². The molecule has 0 spiro atoms. The molecule has 0 saturated carbocycles. The van der Waals surface area contributed by atoms with Crippen LogP contribution in [0.5, 0.6) is 5.75 Å². The van der Waals surface area contributed by atoms with Crippen LogP contribution in [-0.2, 0) is 0 Å². The summed E-state index contributed by atoms with van der Waals surface area (Å²) in [7, 11) is 7.69. The SMILES string of the molecule is C=CC(=O)n1cc(-c2ccnc(Nc3cc(N)c(N(C)CCN(C)C)cc3OC)n2)c2ccccc21. The van der Waals surface area contributed by atoms with Crippen LogP contribution in [0.1, 0.15) is 4.79 Å². The smallest absolute Gasteiger partial charge is 0.254 e. The summed E-state index contributed by atoms with van der Waals surface area (Å²) in [5.41, 5.74) is 10.8. The van der Waals surface area contributed by atoms with Crippen molar-refractivity contribution in [3.05, 3.63) is 67.5 Å². The molecular formula is C27H31N7O2. The number of nitrogens with two attached hydrogens (primary N) is 1. The Kier molecular flexibility index (Phi) is 7.21. The summed E-state index contributed by atoms with van der Waals surface area (Å²) in [6.45, 7) is 5.33. The van der Waals surface area contributed by atoms with Crippen LogP contribution in [-0.4, -0.2) is 66.7 Å². The number of para-hydroxylation sites is 1. The highest BCUT2D eigenvalue weighted by atomic mass is 16.5. The highest BCUT2D eigenvalue weighted by Gasteiger charge is 2.16. The monoisotopic (exact) mass is 485 g/mol. The largest absolute Gasteiger partial charge is 0.494 e. The maximum Gasteiger partial charge on any atom is 0.254 e. The van der Waals surface area contributed by atoms with Gasteiger partial charge in [-0.05, 0) is 38.4 Å². The van der Waals surface area contributed by atoms with Gasteiger partial charge in [0.05, 0.1) is 35.4 Å². The molecule has 2 aromatic heterocycles. The topological polar surface area (TPSA) is 102 Å². The molecule has 9 nitrogen and oxygen atoms in total. The molecule has 3 N–H and O–H groups in total. The first kappa shape index (κ1) is 24.7. The Labute approximate surface area is 210 Å². The standard InChI is InChI=1S/C27H31N7O2/c1-6-26(35)34-17-19(18-9-7-8-10-23(18)34)21-11-12-29-27(30-21)31-22-15-20(28)24(16-25(22)36-5)33(4)14-13-32(2)3/h6-12,15-17H,1,13-14,28H2,2-5H3,(H,29,30,31). The fourth-order valence-electron chi connectivity index (χ4n) is 4.01. The molecule has 36 heavy (non-hydrogen) atoms. The van der Waals surface area contributed by atoms with Gasteiger partial charge in [-0.15, -0.1) is 0 Å². The normalized spacial score (nSPS) is 11.0. The van der Waals surface area contributed by atoms with E-state index in [1.165, 1.54) is 6.08 Å². The van der Waals surface area contributed by atoms with E-state index in [2.05, 4.69) is 26.7 Å². The van der Waals surface area contributed by atoms with Gasteiger partial charge >= 0.3 is 0 Å². The van der Waals surface area contributed by atoms with Crippen molar-refractivity contribution in [2.24, 2.45) is 0 Å². The zero-order chi connectivity index (χ0) is 25.8. The summed E-state index contributed by atoms with van der Waals surface area (Å²) in [5.74, 6) is 0.796. The second kappa shape index (κ2) is 10.5. The predicted octanol–water partition coefficient (Wildman–Crippen LogP) is 4.26. The fourth-order valence-corrected chi connectivity index (χ4v) is 4.01.